The Bertz CT molecular complexity index is 833. The Morgan fingerprint density at radius 1 is 1.11 bits per heavy atom. The summed E-state index contributed by atoms with van der Waals surface area (Å²) in [5.74, 6) is -2.61. The SMILES string of the molecule is CC(=O)C(Oc1ccccc1)(C(=O)O)N1CCN(c2ccncc2)CC1=O.Cl. The summed E-state index contributed by atoms with van der Waals surface area (Å²) < 4.78 is 5.60. The number of para-hydroxylation sites is 1. The predicted octanol–water partition coefficient (Wildman–Crippen LogP) is 1.60. The topological polar surface area (TPSA) is 100 Å². The monoisotopic (exact) mass is 405 g/mol. The first kappa shape index (κ1) is 21.2. The summed E-state index contributed by atoms with van der Waals surface area (Å²) in [4.78, 5) is 44.0. The minimum Gasteiger partial charge on any atom is -0.476 e. The number of anilines is 1. The molecular weight excluding hydrogens is 386 g/mol. The number of carboxylic acid groups (broad SMARTS) is 1. The van der Waals surface area contributed by atoms with Crippen LogP contribution in [0.1, 0.15) is 6.92 Å². The van der Waals surface area contributed by atoms with Crippen molar-refractivity contribution >= 4 is 35.8 Å². The molecule has 1 fully saturated rings. The number of carbonyl (C=O) groups excluding carboxylic acids is 2. The van der Waals surface area contributed by atoms with Gasteiger partial charge in [-0.05, 0) is 24.3 Å². The summed E-state index contributed by atoms with van der Waals surface area (Å²) in [6, 6.07) is 11.7. The molecule has 1 saturated heterocycles. The van der Waals surface area contributed by atoms with Crippen molar-refractivity contribution in [2.24, 2.45) is 0 Å². The number of amides is 1. The Hall–Kier alpha value is -3.13. The number of piperazine rings is 1. The molecule has 0 saturated carbocycles. The van der Waals surface area contributed by atoms with Crippen molar-refractivity contribution < 1.29 is 24.2 Å². The second kappa shape index (κ2) is 8.71. The lowest BCUT2D eigenvalue weighted by atomic mass is 10.0. The Kier molecular flexibility index (Phi) is 6.58. The molecule has 1 aromatic carbocycles. The Morgan fingerprint density at radius 3 is 2.29 bits per heavy atom. The summed E-state index contributed by atoms with van der Waals surface area (Å²) in [6.07, 6.45) is 3.23. The van der Waals surface area contributed by atoms with Gasteiger partial charge in [0.05, 0.1) is 6.54 Å². The van der Waals surface area contributed by atoms with Crippen molar-refractivity contribution in [3.05, 3.63) is 54.9 Å². The molecule has 9 heteroatoms. The lowest BCUT2D eigenvalue weighted by Crippen LogP contribution is -2.69. The minimum absolute atomic E-state index is 0. The molecule has 148 valence electrons. The largest absolute Gasteiger partial charge is 0.476 e. The first-order valence-electron chi connectivity index (χ1n) is 8.39. The van der Waals surface area contributed by atoms with Gasteiger partial charge in [0, 0.05) is 38.1 Å². The molecule has 2 aromatic rings. The van der Waals surface area contributed by atoms with Crippen LogP contribution >= 0.6 is 12.4 Å². The van der Waals surface area contributed by atoms with Gasteiger partial charge in [-0.2, -0.15) is 0 Å². The van der Waals surface area contributed by atoms with Gasteiger partial charge >= 0.3 is 11.7 Å². The number of halogens is 1. The van der Waals surface area contributed by atoms with E-state index >= 15 is 0 Å². The van der Waals surface area contributed by atoms with Crippen molar-refractivity contribution in [3.8, 4) is 5.75 Å². The van der Waals surface area contributed by atoms with Gasteiger partial charge < -0.3 is 14.7 Å². The highest BCUT2D eigenvalue weighted by Gasteiger charge is 2.55. The Morgan fingerprint density at radius 2 is 1.75 bits per heavy atom. The molecule has 0 aliphatic carbocycles. The number of aliphatic carboxylic acids is 1. The second-order valence-electron chi connectivity index (χ2n) is 6.09. The fourth-order valence-corrected chi connectivity index (χ4v) is 3.07. The molecule has 0 radical (unpaired) electrons. The fraction of sp³-hybridized carbons (Fsp3) is 0.263. The molecule has 2 heterocycles. The number of carbonyl (C=O) groups is 3. The van der Waals surface area contributed by atoms with Gasteiger partial charge in [-0.1, -0.05) is 18.2 Å². The summed E-state index contributed by atoms with van der Waals surface area (Å²) in [5.41, 5.74) is -1.60. The number of rotatable bonds is 6. The zero-order valence-electron chi connectivity index (χ0n) is 15.1. The van der Waals surface area contributed by atoms with Crippen LogP contribution in [0.25, 0.3) is 0 Å². The van der Waals surface area contributed by atoms with Crippen molar-refractivity contribution in [2.75, 3.05) is 24.5 Å². The van der Waals surface area contributed by atoms with Gasteiger partial charge in [0.25, 0.3) is 0 Å². The molecule has 1 aliphatic rings. The van der Waals surface area contributed by atoms with Crippen LogP contribution in [0.3, 0.4) is 0 Å². The van der Waals surface area contributed by atoms with E-state index in [1.165, 1.54) is 0 Å². The summed E-state index contributed by atoms with van der Waals surface area (Å²) >= 11 is 0. The van der Waals surface area contributed by atoms with Gasteiger partial charge in [0.15, 0.2) is 0 Å². The van der Waals surface area contributed by atoms with Crippen LogP contribution in [0.2, 0.25) is 0 Å². The maximum Gasteiger partial charge on any atom is 0.378 e. The van der Waals surface area contributed by atoms with Gasteiger partial charge in [-0.25, -0.2) is 4.79 Å². The van der Waals surface area contributed by atoms with Crippen LogP contribution in [-0.4, -0.2) is 58.0 Å². The highest BCUT2D eigenvalue weighted by Crippen LogP contribution is 2.27. The third-order valence-electron chi connectivity index (χ3n) is 4.40. The number of aromatic nitrogens is 1. The fourth-order valence-electron chi connectivity index (χ4n) is 3.07. The molecule has 8 nitrogen and oxygen atoms in total. The quantitative estimate of drug-likeness (QED) is 0.728. The number of benzene rings is 1. The Balaban J connectivity index is 0.00000280. The first-order chi connectivity index (χ1) is 12.9. The van der Waals surface area contributed by atoms with Gasteiger partial charge in [-0.3, -0.25) is 19.5 Å². The first-order valence-corrected chi connectivity index (χ1v) is 8.39. The molecule has 1 aliphatic heterocycles. The van der Waals surface area contributed by atoms with Crippen LogP contribution in [0.15, 0.2) is 54.9 Å². The van der Waals surface area contributed by atoms with E-state index in [9.17, 15) is 19.5 Å². The van der Waals surface area contributed by atoms with Gasteiger partial charge in [0.1, 0.15) is 5.75 Å². The Labute approximate surface area is 168 Å². The molecule has 0 spiro atoms. The van der Waals surface area contributed by atoms with E-state index in [0.29, 0.717) is 6.54 Å². The number of carboxylic acids is 1. The smallest absolute Gasteiger partial charge is 0.378 e. The van der Waals surface area contributed by atoms with Crippen molar-refractivity contribution in [3.63, 3.8) is 0 Å². The normalized spacial score (nSPS) is 16.0. The number of ether oxygens (including phenoxy) is 1. The van der Waals surface area contributed by atoms with E-state index in [1.807, 2.05) is 0 Å². The third kappa shape index (κ3) is 3.91. The highest BCUT2D eigenvalue weighted by atomic mass is 35.5. The standard InChI is InChI=1S/C19H19N3O5.ClH/c1-14(23)19(18(25)26,27-16-5-3-2-4-6-16)22-12-11-21(13-17(22)24)15-7-9-20-10-8-15;/h2-10H,11-13H2,1H3,(H,25,26);1H. The van der Waals surface area contributed by atoms with E-state index in [-0.39, 0.29) is 31.2 Å². The average molecular weight is 406 g/mol. The maximum atomic E-state index is 12.8. The van der Waals surface area contributed by atoms with E-state index in [4.69, 9.17) is 4.74 Å². The highest BCUT2D eigenvalue weighted by molar-refractivity contribution is 6.08. The van der Waals surface area contributed by atoms with E-state index in [2.05, 4.69) is 4.98 Å². The van der Waals surface area contributed by atoms with E-state index in [0.717, 1.165) is 17.5 Å². The number of hydrogen-bond acceptors (Lipinski definition) is 6. The molecule has 1 amide bonds. The second-order valence-corrected chi connectivity index (χ2v) is 6.09. The van der Waals surface area contributed by atoms with Crippen LogP contribution in [0.4, 0.5) is 5.69 Å². The third-order valence-corrected chi connectivity index (χ3v) is 4.40. The minimum atomic E-state index is -2.40. The van der Waals surface area contributed by atoms with Crippen LogP contribution in [-0.2, 0) is 14.4 Å². The number of pyridine rings is 1. The number of Topliss-reactive ketones (excluding diaryl/α,β-unsaturated/α-hetero) is 1. The van der Waals surface area contributed by atoms with Gasteiger partial charge in [-0.15, -0.1) is 12.4 Å². The molecular formula is C19H20ClN3O5. The summed E-state index contributed by atoms with van der Waals surface area (Å²) in [6.45, 7) is 1.43. The number of nitrogens with zero attached hydrogens (tertiary/aromatic N) is 3. The van der Waals surface area contributed by atoms with Gasteiger partial charge in [0.2, 0.25) is 11.7 Å². The maximum absolute atomic E-state index is 12.8. The average Bonchev–Trinajstić information content (AvgIpc) is 2.67. The molecule has 1 N–H and O–H groups in total. The molecule has 1 aromatic heterocycles. The molecule has 1 unspecified atom stereocenters. The summed E-state index contributed by atoms with van der Waals surface area (Å²) in [7, 11) is 0. The lowest BCUT2D eigenvalue weighted by molar-refractivity contribution is -0.186. The molecule has 3 rings (SSSR count). The lowest BCUT2D eigenvalue weighted by Gasteiger charge is -2.43. The number of hydrogen-bond donors (Lipinski definition) is 1. The van der Waals surface area contributed by atoms with Crippen LogP contribution in [0, 0.1) is 0 Å². The van der Waals surface area contributed by atoms with Crippen LogP contribution < -0.4 is 9.64 Å². The van der Waals surface area contributed by atoms with Crippen molar-refractivity contribution in [1.29, 1.82) is 0 Å². The summed E-state index contributed by atoms with van der Waals surface area (Å²) in [5, 5.41) is 9.85. The number of ketones is 1. The molecule has 28 heavy (non-hydrogen) atoms. The predicted molar refractivity (Wildman–Crippen MR) is 104 cm³/mol. The molecule has 0 bridgehead atoms. The van der Waals surface area contributed by atoms with E-state index in [1.54, 1.807) is 59.8 Å². The zero-order chi connectivity index (χ0) is 19.4. The van der Waals surface area contributed by atoms with Crippen LogP contribution in [0.5, 0.6) is 5.75 Å². The van der Waals surface area contributed by atoms with Crippen molar-refractivity contribution in [1.82, 2.24) is 9.88 Å². The molecule has 1 atom stereocenters. The zero-order valence-corrected chi connectivity index (χ0v) is 16.0. The van der Waals surface area contributed by atoms with E-state index < -0.39 is 23.4 Å². The van der Waals surface area contributed by atoms with Crippen molar-refractivity contribution in [2.45, 2.75) is 12.6 Å².